The van der Waals surface area contributed by atoms with Crippen LogP contribution in [0.5, 0.6) is 0 Å². The average Bonchev–Trinajstić information content (AvgIpc) is 2.89. The molecule has 31 heteroatoms. The van der Waals surface area contributed by atoms with E-state index in [2.05, 4.69) is 52.8 Å². The zero-order chi connectivity index (χ0) is 63.0. The number of likely N-dealkylation sites (tertiary alicyclic amines) is 1. The first-order valence-corrected chi connectivity index (χ1v) is 27.3. The summed E-state index contributed by atoms with van der Waals surface area (Å²) in [6.45, 7) is 0.576. The fraction of sp³-hybridized carbons (Fsp3) is 0.321. The molecule has 8 heterocycles. The van der Waals surface area contributed by atoms with Crippen LogP contribution in [-0.4, -0.2) is 146 Å². The van der Waals surface area contributed by atoms with Gasteiger partial charge in [0.2, 0.25) is 23.6 Å². The van der Waals surface area contributed by atoms with Gasteiger partial charge in [-0.15, -0.1) is 0 Å². The maximum absolute atomic E-state index is 13.5. The highest BCUT2D eigenvalue weighted by Gasteiger charge is 2.32. The molecule has 7 aromatic rings. The van der Waals surface area contributed by atoms with Crippen molar-refractivity contribution in [1.82, 2.24) is 57.8 Å². The smallest absolute Gasteiger partial charge is 0.291 e. The van der Waals surface area contributed by atoms with Crippen molar-refractivity contribution in [1.29, 1.82) is 0 Å². The quantitative estimate of drug-likeness (QED) is 0.0399. The molecule has 8 rings (SSSR count). The van der Waals surface area contributed by atoms with E-state index in [0.717, 1.165) is 0 Å². The second-order valence-corrected chi connectivity index (χ2v) is 21.0. The third-order valence-corrected chi connectivity index (χ3v) is 14.3. The Morgan fingerprint density at radius 3 is 1.36 bits per heavy atom. The summed E-state index contributed by atoms with van der Waals surface area (Å²) in [7, 11) is 11.4. The van der Waals surface area contributed by atoms with E-state index < -0.39 is 65.1 Å². The highest BCUT2D eigenvalue weighted by Crippen LogP contribution is 2.23. The van der Waals surface area contributed by atoms with Gasteiger partial charge in [0.25, 0.3) is 41.4 Å². The van der Waals surface area contributed by atoms with Crippen molar-refractivity contribution in [3.05, 3.63) is 126 Å². The Labute approximate surface area is 497 Å². The molecule has 1 unspecified atom stereocenters. The number of hydrogen-bond donors (Lipinski definition) is 11. The second kappa shape index (κ2) is 26.7. The standard InChI is InChI=1S/C56H68N20O11/c1-69-17-15-59-48(69)56(87)68-37-21-42(73(5)30-37)53(84)62-14-10-46(78)76-16-11-31(24-76)49(80)64-33-19-40(71(3)26-33)51(82)60-12-8-38(57)50(81)65-34-22-43(74(6)27-34)54(85)67-36-23-44(75(7)29-36)55(86)66-35-20-41(72(4)28-35)52(83)61-13-9-45(77)63-32-18-39(47(58)79)70(2)25-32/h15,17-23,25-31,38H,8-14,16,24,57H2,1-7H3,(H2,58,79)(H,60,82)(H,61,83)(H,62,84)(H,63,77)(H,64,80)(H,65,81)(H,66,86)(H,67,85)(H,68,87)/t31?,38-/m1/s1. The molecule has 2 atom stereocenters. The fourth-order valence-corrected chi connectivity index (χ4v) is 9.71. The predicted octanol–water partition coefficient (Wildman–Crippen LogP) is 0.759. The molecule has 0 radical (unpaired) electrons. The summed E-state index contributed by atoms with van der Waals surface area (Å²) in [6.07, 6.45) is 12.8. The minimum atomic E-state index is -1.06. The first-order chi connectivity index (χ1) is 41.3. The van der Waals surface area contributed by atoms with Gasteiger partial charge in [0, 0.05) is 144 Å². The minimum absolute atomic E-state index is 0.00187. The van der Waals surface area contributed by atoms with Crippen LogP contribution in [-0.2, 0) is 68.5 Å². The van der Waals surface area contributed by atoms with Crippen molar-refractivity contribution in [2.24, 2.45) is 66.7 Å². The number of hydrogen-bond acceptors (Lipinski definition) is 13. The maximum Gasteiger partial charge on any atom is 0.291 e. The Morgan fingerprint density at radius 2 is 0.897 bits per heavy atom. The van der Waals surface area contributed by atoms with Crippen molar-refractivity contribution in [2.45, 2.75) is 31.7 Å². The normalized spacial score (nSPS) is 13.1. The van der Waals surface area contributed by atoms with E-state index >= 15 is 0 Å². The Hall–Kier alpha value is -11.0. The van der Waals surface area contributed by atoms with Crippen LogP contribution in [0, 0.1) is 5.92 Å². The van der Waals surface area contributed by atoms with Gasteiger partial charge >= 0.3 is 0 Å². The molecule has 7 aromatic heterocycles. The number of aromatic nitrogens is 8. The molecule has 1 saturated heterocycles. The first-order valence-electron chi connectivity index (χ1n) is 27.3. The number of anilines is 6. The fourth-order valence-electron chi connectivity index (χ4n) is 9.71. The van der Waals surface area contributed by atoms with Crippen LogP contribution in [0.4, 0.5) is 34.1 Å². The van der Waals surface area contributed by atoms with E-state index in [1.807, 2.05) is 0 Å². The summed E-state index contributed by atoms with van der Waals surface area (Å²) >= 11 is 0. The Bertz CT molecular complexity index is 3840. The van der Waals surface area contributed by atoms with Crippen molar-refractivity contribution >= 4 is 99.1 Å². The van der Waals surface area contributed by atoms with Crippen molar-refractivity contribution in [2.75, 3.05) is 64.6 Å². The monoisotopic (exact) mass is 1200 g/mol. The Balaban J connectivity index is 0.723. The van der Waals surface area contributed by atoms with Gasteiger partial charge in [0.05, 0.1) is 46.1 Å². The summed E-state index contributed by atoms with van der Waals surface area (Å²) in [6, 6.07) is 7.77. The molecule has 0 aromatic carbocycles. The van der Waals surface area contributed by atoms with Gasteiger partial charge in [0.15, 0.2) is 5.82 Å². The number of carbonyl (C=O) groups is 11. The van der Waals surface area contributed by atoms with Gasteiger partial charge in [-0.05, 0) is 49.2 Å². The molecule has 1 fully saturated rings. The molecule has 31 nitrogen and oxygen atoms in total. The van der Waals surface area contributed by atoms with E-state index in [1.165, 1.54) is 90.2 Å². The number of nitrogens with one attached hydrogen (secondary N) is 9. The van der Waals surface area contributed by atoms with Gasteiger partial charge in [-0.1, -0.05) is 0 Å². The Kier molecular flexibility index (Phi) is 19.1. The molecule has 0 saturated carbocycles. The highest BCUT2D eigenvalue weighted by molar-refractivity contribution is 6.08. The second-order valence-electron chi connectivity index (χ2n) is 21.0. The SMILES string of the molecule is Cn1cc(NC(=O)CCNC(=O)c2cc(NC(=O)c3cc(NC(=O)c4cc(NC(=O)[C@H](N)CCNC(=O)c5cc(NC(=O)C6CCN(C(=O)CCNC(=O)c7cc(NC(=O)c8nccn8C)cn7C)C6)cn5C)cn4C)cn3C)cn2C)cc1C(N)=O. The lowest BCUT2D eigenvalue weighted by Gasteiger charge is -2.16. The van der Waals surface area contributed by atoms with Crippen molar-refractivity contribution in [3.8, 4) is 0 Å². The molecule has 1 aliphatic heterocycles. The zero-order valence-corrected chi connectivity index (χ0v) is 48.8. The summed E-state index contributed by atoms with van der Waals surface area (Å²) < 4.78 is 10.6. The van der Waals surface area contributed by atoms with Gasteiger partial charge in [-0.3, -0.25) is 52.7 Å². The lowest BCUT2D eigenvalue weighted by molar-refractivity contribution is -0.130. The summed E-state index contributed by atoms with van der Waals surface area (Å²) in [5.41, 5.74) is 14.8. The van der Waals surface area contributed by atoms with Gasteiger partial charge in [-0.25, -0.2) is 4.98 Å². The number of primary amides is 1. The summed E-state index contributed by atoms with van der Waals surface area (Å²) in [5.74, 6) is -5.46. The van der Waals surface area contributed by atoms with Crippen LogP contribution in [0.15, 0.2) is 86.0 Å². The molecule has 87 heavy (non-hydrogen) atoms. The number of nitrogens with two attached hydrogens (primary N) is 2. The number of imidazole rings is 1. The van der Waals surface area contributed by atoms with E-state index in [-0.39, 0.29) is 109 Å². The number of rotatable bonds is 24. The number of amides is 11. The zero-order valence-electron chi connectivity index (χ0n) is 48.8. The number of aryl methyl sites for hydroxylation is 7. The lowest BCUT2D eigenvalue weighted by atomic mass is 10.1. The lowest BCUT2D eigenvalue weighted by Crippen LogP contribution is -2.39. The molecule has 1 aliphatic rings. The molecule has 13 N–H and O–H groups in total. The van der Waals surface area contributed by atoms with Crippen molar-refractivity contribution in [3.63, 3.8) is 0 Å². The molecule has 0 bridgehead atoms. The third-order valence-electron chi connectivity index (χ3n) is 14.3. The van der Waals surface area contributed by atoms with E-state index in [4.69, 9.17) is 11.5 Å². The summed E-state index contributed by atoms with van der Waals surface area (Å²) in [5, 5.41) is 24.5. The summed E-state index contributed by atoms with van der Waals surface area (Å²) in [4.78, 5) is 148. The minimum Gasteiger partial charge on any atom is -0.364 e. The van der Waals surface area contributed by atoms with Crippen LogP contribution in [0.3, 0.4) is 0 Å². The van der Waals surface area contributed by atoms with Crippen LogP contribution < -0.4 is 59.3 Å². The van der Waals surface area contributed by atoms with Crippen molar-refractivity contribution < 1.29 is 52.7 Å². The van der Waals surface area contributed by atoms with Crippen LogP contribution in [0.1, 0.15) is 99.2 Å². The first kappa shape index (κ1) is 62.1. The molecule has 458 valence electrons. The highest BCUT2D eigenvalue weighted by atomic mass is 16.2. The van der Waals surface area contributed by atoms with Gasteiger partial charge in [0.1, 0.15) is 34.2 Å². The molecule has 11 amide bonds. The predicted molar refractivity (Wildman–Crippen MR) is 317 cm³/mol. The van der Waals surface area contributed by atoms with E-state index in [9.17, 15) is 52.7 Å². The van der Waals surface area contributed by atoms with Crippen LogP contribution in [0.25, 0.3) is 0 Å². The van der Waals surface area contributed by atoms with E-state index in [0.29, 0.717) is 35.7 Å². The number of nitrogens with zero attached hydrogens (tertiary/aromatic N) is 9. The third kappa shape index (κ3) is 15.2. The topological polar surface area (TPSA) is 399 Å². The van der Waals surface area contributed by atoms with E-state index in [1.54, 1.807) is 82.0 Å². The molecular weight excluding hydrogens is 1130 g/mol. The van der Waals surface area contributed by atoms with Gasteiger partial charge in [-0.2, -0.15) is 0 Å². The maximum atomic E-state index is 13.5. The molecule has 0 spiro atoms. The molecule has 0 aliphatic carbocycles. The number of carbonyl (C=O) groups excluding carboxylic acids is 11. The van der Waals surface area contributed by atoms with Crippen LogP contribution in [0.2, 0.25) is 0 Å². The average molecular weight is 1200 g/mol. The largest absolute Gasteiger partial charge is 0.364 e. The van der Waals surface area contributed by atoms with Gasteiger partial charge < -0.3 is 96.2 Å². The molecular formula is C56H68N20O11. The van der Waals surface area contributed by atoms with Crippen LogP contribution >= 0.6 is 0 Å². The Morgan fingerprint density at radius 1 is 0.494 bits per heavy atom.